The average molecular weight is 267 g/mol. The Kier molecular flexibility index (Phi) is 5.34. The maximum Gasteiger partial charge on any atom is 0.226 e. The van der Waals surface area contributed by atoms with Crippen LogP contribution >= 0.6 is 0 Å². The zero-order valence-electron chi connectivity index (χ0n) is 12.0. The van der Waals surface area contributed by atoms with Gasteiger partial charge in [-0.2, -0.15) is 4.98 Å². The van der Waals surface area contributed by atoms with E-state index in [1.165, 1.54) is 0 Å². The molecule has 108 valence electrons. The molecule has 19 heavy (non-hydrogen) atoms. The predicted molar refractivity (Wildman–Crippen MR) is 72.8 cm³/mol. The number of hydrogen-bond acceptors (Lipinski definition) is 5. The van der Waals surface area contributed by atoms with Gasteiger partial charge in [-0.25, -0.2) is 0 Å². The van der Waals surface area contributed by atoms with E-state index in [1.54, 1.807) is 0 Å². The van der Waals surface area contributed by atoms with E-state index >= 15 is 0 Å². The summed E-state index contributed by atoms with van der Waals surface area (Å²) in [6.07, 6.45) is 3.88. The van der Waals surface area contributed by atoms with Crippen molar-refractivity contribution < 1.29 is 9.26 Å². The number of nitrogens with two attached hydrogens (primary N) is 1. The minimum Gasteiger partial charge on any atom is -0.381 e. The molecule has 1 aliphatic heterocycles. The van der Waals surface area contributed by atoms with Gasteiger partial charge < -0.3 is 15.0 Å². The van der Waals surface area contributed by atoms with Gasteiger partial charge in [0.1, 0.15) is 0 Å². The molecule has 0 saturated carbocycles. The molecule has 5 heteroatoms. The van der Waals surface area contributed by atoms with Crippen LogP contribution in [0.2, 0.25) is 0 Å². The smallest absolute Gasteiger partial charge is 0.226 e. The minimum atomic E-state index is 0.396. The second-order valence-electron chi connectivity index (χ2n) is 5.87. The number of hydrogen-bond donors (Lipinski definition) is 1. The van der Waals surface area contributed by atoms with Crippen LogP contribution in [-0.4, -0.2) is 29.9 Å². The van der Waals surface area contributed by atoms with Crippen LogP contribution in [0.5, 0.6) is 0 Å². The monoisotopic (exact) mass is 267 g/mol. The van der Waals surface area contributed by atoms with Crippen molar-refractivity contribution in [3.8, 4) is 0 Å². The van der Waals surface area contributed by atoms with Gasteiger partial charge in [-0.15, -0.1) is 0 Å². The van der Waals surface area contributed by atoms with Crippen molar-refractivity contribution in [3.63, 3.8) is 0 Å². The molecule has 1 aliphatic rings. The quantitative estimate of drug-likeness (QED) is 0.854. The number of rotatable bonds is 6. The maximum atomic E-state index is 5.81. The molecule has 1 saturated heterocycles. The topological polar surface area (TPSA) is 74.2 Å². The Balaban J connectivity index is 1.92. The van der Waals surface area contributed by atoms with Crippen LogP contribution in [0.3, 0.4) is 0 Å². The fourth-order valence-corrected chi connectivity index (χ4v) is 2.65. The van der Waals surface area contributed by atoms with Crippen LogP contribution in [0, 0.1) is 11.8 Å². The van der Waals surface area contributed by atoms with E-state index in [9.17, 15) is 0 Å². The number of aromatic nitrogens is 2. The van der Waals surface area contributed by atoms with E-state index in [1.807, 2.05) is 0 Å². The molecule has 1 aromatic rings. The summed E-state index contributed by atoms with van der Waals surface area (Å²) in [5.41, 5.74) is 5.81. The van der Waals surface area contributed by atoms with Crippen molar-refractivity contribution in [2.75, 3.05) is 19.8 Å². The molecule has 0 radical (unpaired) electrons. The van der Waals surface area contributed by atoms with Gasteiger partial charge in [-0.3, -0.25) is 0 Å². The van der Waals surface area contributed by atoms with Gasteiger partial charge in [0.2, 0.25) is 5.89 Å². The summed E-state index contributed by atoms with van der Waals surface area (Å²) in [7, 11) is 0. The highest BCUT2D eigenvalue weighted by Gasteiger charge is 2.22. The molecule has 0 amide bonds. The van der Waals surface area contributed by atoms with E-state index in [-0.39, 0.29) is 0 Å². The van der Waals surface area contributed by atoms with Crippen LogP contribution in [0.15, 0.2) is 4.52 Å². The summed E-state index contributed by atoms with van der Waals surface area (Å²) in [5, 5.41) is 4.12. The van der Waals surface area contributed by atoms with E-state index in [0.717, 1.165) is 50.6 Å². The molecule has 0 spiro atoms. The summed E-state index contributed by atoms with van der Waals surface area (Å²) in [6, 6.07) is 0. The third kappa shape index (κ3) is 4.28. The van der Waals surface area contributed by atoms with Crippen LogP contribution < -0.4 is 5.73 Å². The van der Waals surface area contributed by atoms with Crippen molar-refractivity contribution in [1.29, 1.82) is 0 Å². The average Bonchev–Trinajstić information content (AvgIpc) is 2.87. The molecule has 1 aromatic heterocycles. The number of nitrogens with zero attached hydrogens (tertiary/aromatic N) is 2. The molecule has 2 rings (SSSR count). The summed E-state index contributed by atoms with van der Waals surface area (Å²) in [5.74, 6) is 3.05. The first kappa shape index (κ1) is 14.5. The van der Waals surface area contributed by atoms with E-state index in [4.69, 9.17) is 15.0 Å². The fourth-order valence-electron chi connectivity index (χ4n) is 2.65. The Hall–Kier alpha value is -0.940. The van der Waals surface area contributed by atoms with Gasteiger partial charge in [0.15, 0.2) is 5.82 Å². The van der Waals surface area contributed by atoms with Crippen molar-refractivity contribution in [2.45, 2.75) is 45.4 Å². The van der Waals surface area contributed by atoms with Gasteiger partial charge in [-0.1, -0.05) is 19.0 Å². The molecule has 0 aromatic carbocycles. The van der Waals surface area contributed by atoms with Crippen molar-refractivity contribution >= 4 is 0 Å². The maximum absolute atomic E-state index is 5.81. The molecule has 1 atom stereocenters. The second-order valence-corrected chi connectivity index (χ2v) is 5.87. The van der Waals surface area contributed by atoms with Crippen molar-refractivity contribution in [2.24, 2.45) is 17.6 Å². The minimum absolute atomic E-state index is 0.396. The lowest BCUT2D eigenvalue weighted by Crippen LogP contribution is -2.19. The first-order chi connectivity index (χ1) is 9.19. The molecular weight excluding hydrogens is 242 g/mol. The first-order valence-electron chi connectivity index (χ1n) is 7.29. The van der Waals surface area contributed by atoms with Crippen LogP contribution in [0.1, 0.15) is 50.7 Å². The third-order valence-electron chi connectivity index (χ3n) is 3.67. The highest BCUT2D eigenvalue weighted by Crippen LogP contribution is 2.25. The Labute approximate surface area is 114 Å². The SMILES string of the molecule is CC(C)CC(CN)Cc1nc(C2CCOCC2)no1. The molecular formula is C14H25N3O2. The zero-order valence-corrected chi connectivity index (χ0v) is 12.0. The third-order valence-corrected chi connectivity index (χ3v) is 3.67. The lowest BCUT2D eigenvalue weighted by molar-refractivity contribution is 0.0830. The highest BCUT2D eigenvalue weighted by atomic mass is 16.5. The molecule has 1 fully saturated rings. The molecule has 2 N–H and O–H groups in total. The lowest BCUT2D eigenvalue weighted by Gasteiger charge is -2.18. The summed E-state index contributed by atoms with van der Waals surface area (Å²) in [4.78, 5) is 4.54. The molecule has 0 bridgehead atoms. The Morgan fingerprint density at radius 2 is 2.05 bits per heavy atom. The summed E-state index contributed by atoms with van der Waals surface area (Å²) >= 11 is 0. The lowest BCUT2D eigenvalue weighted by atomic mass is 9.94. The van der Waals surface area contributed by atoms with Gasteiger partial charge >= 0.3 is 0 Å². The Morgan fingerprint density at radius 1 is 1.32 bits per heavy atom. The van der Waals surface area contributed by atoms with Gasteiger partial charge in [-0.05, 0) is 37.6 Å². The Bertz CT molecular complexity index is 373. The molecule has 5 nitrogen and oxygen atoms in total. The summed E-state index contributed by atoms with van der Waals surface area (Å²) < 4.78 is 10.7. The highest BCUT2D eigenvalue weighted by molar-refractivity contribution is 4.97. The molecule has 1 unspecified atom stereocenters. The zero-order chi connectivity index (χ0) is 13.7. The number of ether oxygens (including phenoxy) is 1. The van der Waals surface area contributed by atoms with Crippen molar-refractivity contribution in [1.82, 2.24) is 10.1 Å². The van der Waals surface area contributed by atoms with Crippen LogP contribution in [0.4, 0.5) is 0 Å². The largest absolute Gasteiger partial charge is 0.381 e. The van der Waals surface area contributed by atoms with Crippen molar-refractivity contribution in [3.05, 3.63) is 11.7 Å². The molecule has 0 aliphatic carbocycles. The Morgan fingerprint density at radius 3 is 2.68 bits per heavy atom. The standard InChI is InChI=1S/C14H25N3O2/c1-10(2)7-11(9-15)8-13-16-14(17-19-13)12-3-5-18-6-4-12/h10-12H,3-9,15H2,1-2H3. The van der Waals surface area contributed by atoms with Crippen LogP contribution in [0.25, 0.3) is 0 Å². The first-order valence-corrected chi connectivity index (χ1v) is 7.29. The van der Waals surface area contributed by atoms with Crippen LogP contribution in [-0.2, 0) is 11.2 Å². The predicted octanol–water partition coefficient (Wildman–Crippen LogP) is 2.13. The van der Waals surface area contributed by atoms with E-state index in [2.05, 4.69) is 24.0 Å². The normalized spacial score (nSPS) is 18.9. The van der Waals surface area contributed by atoms with Gasteiger partial charge in [0.25, 0.3) is 0 Å². The molecule has 2 heterocycles. The second kappa shape index (κ2) is 7.01. The van der Waals surface area contributed by atoms with E-state index in [0.29, 0.717) is 24.3 Å². The van der Waals surface area contributed by atoms with Gasteiger partial charge in [0.05, 0.1) is 0 Å². The summed E-state index contributed by atoms with van der Waals surface area (Å²) in [6.45, 7) is 6.70. The van der Waals surface area contributed by atoms with Gasteiger partial charge in [0, 0.05) is 25.6 Å². The fraction of sp³-hybridized carbons (Fsp3) is 0.857. The van der Waals surface area contributed by atoms with E-state index < -0.39 is 0 Å².